The van der Waals surface area contributed by atoms with E-state index in [1.54, 1.807) is 0 Å². The van der Waals surface area contributed by atoms with E-state index in [0.717, 1.165) is 0 Å². The highest BCUT2D eigenvalue weighted by Gasteiger charge is 2.19. The Bertz CT molecular complexity index is 405. The van der Waals surface area contributed by atoms with Crippen LogP contribution in [0.15, 0.2) is 23.1 Å². The molecule has 2 rings (SSSR count). The number of hydrogen-bond acceptors (Lipinski definition) is 3. The van der Waals surface area contributed by atoms with Crippen molar-refractivity contribution in [3.05, 3.63) is 23.8 Å². The van der Waals surface area contributed by atoms with E-state index in [0.29, 0.717) is 5.92 Å². The number of likely N-dealkylation sites (N-methyl/N-ethyl adjacent to an activating group) is 1. The number of thioether (sulfide) groups is 1. The average molecular weight is 265 g/mol. The van der Waals surface area contributed by atoms with Gasteiger partial charge in [0.15, 0.2) is 0 Å². The highest BCUT2D eigenvalue weighted by Crippen LogP contribution is 2.33. The molecule has 1 unspecified atom stereocenters. The molecule has 100 valence electrons. The second kappa shape index (κ2) is 5.98. The van der Waals surface area contributed by atoms with Gasteiger partial charge in [0, 0.05) is 17.6 Å². The first-order valence-corrected chi connectivity index (χ1v) is 7.71. The van der Waals surface area contributed by atoms with E-state index in [4.69, 9.17) is 0 Å². The Labute approximate surface area is 114 Å². The molecule has 0 spiro atoms. The number of aliphatic hydroxyl groups excluding tert-OH is 1. The zero-order valence-corrected chi connectivity index (χ0v) is 12.3. The van der Waals surface area contributed by atoms with Crippen LogP contribution in [-0.2, 0) is 6.42 Å². The lowest BCUT2D eigenvalue weighted by atomic mass is 10.0. The van der Waals surface area contributed by atoms with E-state index in [9.17, 15) is 5.11 Å². The fourth-order valence-corrected chi connectivity index (χ4v) is 3.56. The second-order valence-electron chi connectivity index (χ2n) is 5.35. The van der Waals surface area contributed by atoms with E-state index >= 15 is 0 Å². The molecule has 0 saturated carbocycles. The number of aryl methyl sites for hydroxylation is 1. The predicted molar refractivity (Wildman–Crippen MR) is 79.6 cm³/mol. The Kier molecular flexibility index (Phi) is 4.57. The number of benzene rings is 1. The number of rotatable bonds is 4. The average Bonchev–Trinajstić information content (AvgIpc) is 2.38. The summed E-state index contributed by atoms with van der Waals surface area (Å²) in [4.78, 5) is 3.65. The standard InChI is InChI=1S/C15H23NOS/c1-11(2)14(10-17)16(3)13-6-7-15-12(9-13)5-4-8-18-15/h6-7,9,11,14,17H,4-5,8,10H2,1-3H3. The van der Waals surface area contributed by atoms with Crippen molar-refractivity contribution in [3.63, 3.8) is 0 Å². The maximum absolute atomic E-state index is 9.52. The van der Waals surface area contributed by atoms with Crippen LogP contribution >= 0.6 is 11.8 Å². The molecule has 0 radical (unpaired) electrons. The highest BCUT2D eigenvalue weighted by molar-refractivity contribution is 7.99. The minimum Gasteiger partial charge on any atom is -0.394 e. The molecule has 0 saturated heterocycles. The molecule has 0 fully saturated rings. The number of hydrogen-bond donors (Lipinski definition) is 1. The van der Waals surface area contributed by atoms with Crippen LogP contribution in [0.4, 0.5) is 5.69 Å². The highest BCUT2D eigenvalue weighted by atomic mass is 32.2. The normalized spacial score (nSPS) is 16.5. The molecule has 0 bridgehead atoms. The Hall–Kier alpha value is -0.670. The van der Waals surface area contributed by atoms with Gasteiger partial charge in [-0.05, 0) is 48.3 Å². The van der Waals surface area contributed by atoms with Gasteiger partial charge in [-0.25, -0.2) is 0 Å². The van der Waals surface area contributed by atoms with Crippen molar-refractivity contribution in [1.29, 1.82) is 0 Å². The Morgan fingerprint density at radius 3 is 2.83 bits per heavy atom. The molecule has 0 aliphatic carbocycles. The molecule has 1 aromatic rings. The van der Waals surface area contributed by atoms with Gasteiger partial charge >= 0.3 is 0 Å². The predicted octanol–water partition coefficient (Wildman–Crippen LogP) is 3.18. The quantitative estimate of drug-likeness (QED) is 0.904. The van der Waals surface area contributed by atoms with E-state index < -0.39 is 0 Å². The summed E-state index contributed by atoms with van der Waals surface area (Å²) in [5.74, 6) is 1.69. The van der Waals surface area contributed by atoms with Crippen LogP contribution in [0, 0.1) is 5.92 Å². The first kappa shape index (κ1) is 13.8. The minimum absolute atomic E-state index is 0.194. The summed E-state index contributed by atoms with van der Waals surface area (Å²) in [5, 5.41) is 9.52. The fourth-order valence-electron chi connectivity index (χ4n) is 2.54. The summed E-state index contributed by atoms with van der Waals surface area (Å²) in [6.07, 6.45) is 2.47. The zero-order valence-electron chi connectivity index (χ0n) is 11.5. The van der Waals surface area contributed by atoms with Gasteiger partial charge in [0.2, 0.25) is 0 Å². The molecule has 1 N–H and O–H groups in total. The SMILES string of the molecule is CC(C)C(CO)N(C)c1ccc2c(c1)CCCS2. The van der Waals surface area contributed by atoms with Crippen LogP contribution in [-0.4, -0.2) is 30.6 Å². The van der Waals surface area contributed by atoms with Gasteiger partial charge in [0.1, 0.15) is 0 Å². The molecule has 3 heteroatoms. The third kappa shape index (κ3) is 2.83. The third-order valence-electron chi connectivity index (χ3n) is 3.75. The molecule has 1 aliphatic rings. The molecule has 2 nitrogen and oxygen atoms in total. The summed E-state index contributed by atoms with van der Waals surface area (Å²) in [5.41, 5.74) is 2.69. The van der Waals surface area contributed by atoms with Crippen molar-refractivity contribution >= 4 is 17.4 Å². The summed E-state index contributed by atoms with van der Waals surface area (Å²) < 4.78 is 0. The van der Waals surface area contributed by atoms with Crippen LogP contribution < -0.4 is 4.90 Å². The summed E-state index contributed by atoms with van der Waals surface area (Å²) >= 11 is 1.96. The van der Waals surface area contributed by atoms with Gasteiger partial charge < -0.3 is 10.0 Å². The molecule has 0 amide bonds. The lowest BCUT2D eigenvalue weighted by Gasteiger charge is -2.32. The Morgan fingerprint density at radius 1 is 1.39 bits per heavy atom. The van der Waals surface area contributed by atoms with Gasteiger partial charge in [-0.1, -0.05) is 13.8 Å². The van der Waals surface area contributed by atoms with Crippen molar-refractivity contribution in [2.24, 2.45) is 5.92 Å². The van der Waals surface area contributed by atoms with E-state index in [-0.39, 0.29) is 12.6 Å². The molecular weight excluding hydrogens is 242 g/mol. The van der Waals surface area contributed by atoms with E-state index in [1.165, 1.54) is 34.7 Å². The molecule has 1 heterocycles. The van der Waals surface area contributed by atoms with Crippen LogP contribution in [0.3, 0.4) is 0 Å². The van der Waals surface area contributed by atoms with Crippen molar-refractivity contribution in [3.8, 4) is 0 Å². The number of aliphatic hydroxyl groups is 1. The number of fused-ring (bicyclic) bond motifs is 1. The van der Waals surface area contributed by atoms with Gasteiger partial charge in [-0.3, -0.25) is 0 Å². The molecule has 1 aromatic carbocycles. The lowest BCUT2D eigenvalue weighted by Crippen LogP contribution is -2.39. The largest absolute Gasteiger partial charge is 0.394 e. The lowest BCUT2D eigenvalue weighted by molar-refractivity contribution is 0.234. The van der Waals surface area contributed by atoms with Gasteiger partial charge in [-0.2, -0.15) is 0 Å². The van der Waals surface area contributed by atoms with E-state index in [1.807, 2.05) is 11.8 Å². The van der Waals surface area contributed by atoms with Crippen LogP contribution in [0.1, 0.15) is 25.8 Å². The molecule has 0 aromatic heterocycles. The zero-order chi connectivity index (χ0) is 13.1. The van der Waals surface area contributed by atoms with Crippen molar-refractivity contribution in [2.45, 2.75) is 37.6 Å². The third-order valence-corrected chi connectivity index (χ3v) is 4.96. The van der Waals surface area contributed by atoms with Crippen LogP contribution in [0.2, 0.25) is 0 Å². The Balaban J connectivity index is 2.22. The fraction of sp³-hybridized carbons (Fsp3) is 0.600. The maximum Gasteiger partial charge on any atom is 0.0637 e. The maximum atomic E-state index is 9.52. The van der Waals surface area contributed by atoms with Crippen LogP contribution in [0.5, 0.6) is 0 Å². The monoisotopic (exact) mass is 265 g/mol. The molecule has 18 heavy (non-hydrogen) atoms. The van der Waals surface area contributed by atoms with E-state index in [2.05, 4.69) is 44.0 Å². The number of nitrogens with zero attached hydrogens (tertiary/aromatic N) is 1. The first-order chi connectivity index (χ1) is 8.63. The van der Waals surface area contributed by atoms with Crippen molar-refractivity contribution in [1.82, 2.24) is 0 Å². The summed E-state index contributed by atoms with van der Waals surface area (Å²) in [7, 11) is 2.08. The molecule has 1 atom stereocenters. The summed E-state index contributed by atoms with van der Waals surface area (Å²) in [6.45, 7) is 4.53. The molecule has 1 aliphatic heterocycles. The van der Waals surface area contributed by atoms with Crippen molar-refractivity contribution in [2.75, 3.05) is 24.3 Å². The van der Waals surface area contributed by atoms with Gasteiger partial charge in [0.25, 0.3) is 0 Å². The minimum atomic E-state index is 0.194. The smallest absolute Gasteiger partial charge is 0.0637 e. The van der Waals surface area contributed by atoms with Gasteiger partial charge in [-0.15, -0.1) is 11.8 Å². The van der Waals surface area contributed by atoms with Gasteiger partial charge in [0.05, 0.1) is 12.6 Å². The molecular formula is C15H23NOS. The topological polar surface area (TPSA) is 23.5 Å². The first-order valence-electron chi connectivity index (χ1n) is 6.73. The second-order valence-corrected chi connectivity index (χ2v) is 6.49. The van der Waals surface area contributed by atoms with Crippen LogP contribution in [0.25, 0.3) is 0 Å². The number of anilines is 1. The summed E-state index contributed by atoms with van der Waals surface area (Å²) in [6, 6.07) is 6.91. The Morgan fingerprint density at radius 2 is 2.17 bits per heavy atom. The van der Waals surface area contributed by atoms with Crippen molar-refractivity contribution < 1.29 is 5.11 Å².